The molecule has 2 rings (SSSR count). The van der Waals surface area contributed by atoms with Gasteiger partial charge in [0.15, 0.2) is 0 Å². The van der Waals surface area contributed by atoms with Gasteiger partial charge in [0.1, 0.15) is 5.76 Å². The van der Waals surface area contributed by atoms with Crippen LogP contribution in [0.15, 0.2) is 21.6 Å². The van der Waals surface area contributed by atoms with Gasteiger partial charge in [-0.15, -0.1) is 0 Å². The highest BCUT2D eigenvalue weighted by Gasteiger charge is 2.26. The minimum Gasteiger partial charge on any atom is -0.447 e. The zero-order valence-corrected chi connectivity index (χ0v) is 13.0. The van der Waals surface area contributed by atoms with Crippen LogP contribution in [0.3, 0.4) is 0 Å². The number of rotatable bonds is 6. The molecule has 1 heterocycles. The molecule has 0 aliphatic heterocycles. The lowest BCUT2D eigenvalue weighted by Gasteiger charge is -2.27. The second kappa shape index (κ2) is 6.74. The lowest BCUT2D eigenvalue weighted by molar-refractivity contribution is 0.301. The van der Waals surface area contributed by atoms with E-state index in [1.54, 1.807) is 13.1 Å². The second-order valence-electron chi connectivity index (χ2n) is 5.56. The van der Waals surface area contributed by atoms with E-state index in [0.717, 1.165) is 12.8 Å². The summed E-state index contributed by atoms with van der Waals surface area (Å²) in [5.74, 6) is 1.06. The molecular weight excluding hydrogens is 276 g/mol. The lowest BCUT2D eigenvalue weighted by atomic mass is 9.85. The molecule has 0 saturated heterocycles. The van der Waals surface area contributed by atoms with Crippen LogP contribution in [0.1, 0.15) is 44.8 Å². The van der Waals surface area contributed by atoms with E-state index in [2.05, 4.69) is 10.0 Å². The normalized spacial score (nSPS) is 19.1. The van der Waals surface area contributed by atoms with Crippen molar-refractivity contribution in [3.63, 3.8) is 0 Å². The first-order valence-corrected chi connectivity index (χ1v) is 8.77. The summed E-state index contributed by atoms with van der Waals surface area (Å²) in [6.07, 6.45) is 5.87. The molecule has 1 aliphatic rings. The largest absolute Gasteiger partial charge is 0.447 e. The van der Waals surface area contributed by atoms with Gasteiger partial charge in [-0.25, -0.2) is 13.1 Å². The van der Waals surface area contributed by atoms with E-state index >= 15 is 0 Å². The summed E-state index contributed by atoms with van der Waals surface area (Å²) in [5.41, 5.74) is 0. The van der Waals surface area contributed by atoms with Crippen LogP contribution in [0, 0.1) is 5.92 Å². The number of hydrogen-bond acceptors (Lipinski definition) is 4. The molecule has 0 radical (unpaired) electrons. The number of furan rings is 1. The molecule has 1 aromatic heterocycles. The Morgan fingerprint density at radius 2 is 2.00 bits per heavy atom. The Morgan fingerprint density at radius 3 is 2.65 bits per heavy atom. The maximum atomic E-state index is 12.3. The van der Waals surface area contributed by atoms with Crippen LogP contribution in [0.2, 0.25) is 0 Å². The smallest absolute Gasteiger partial charge is 0.274 e. The van der Waals surface area contributed by atoms with Gasteiger partial charge in [-0.1, -0.05) is 19.3 Å². The van der Waals surface area contributed by atoms with Gasteiger partial charge >= 0.3 is 0 Å². The third-order valence-corrected chi connectivity index (χ3v) is 5.38. The highest BCUT2D eigenvalue weighted by Crippen LogP contribution is 2.27. The van der Waals surface area contributed by atoms with Crippen molar-refractivity contribution in [3.05, 3.63) is 17.9 Å². The Hall–Kier alpha value is -0.850. The quantitative estimate of drug-likeness (QED) is 0.845. The first-order valence-electron chi connectivity index (χ1n) is 7.28. The molecule has 2 N–H and O–H groups in total. The van der Waals surface area contributed by atoms with Crippen molar-refractivity contribution < 1.29 is 12.8 Å². The minimum atomic E-state index is -3.55. The highest BCUT2D eigenvalue weighted by atomic mass is 32.2. The van der Waals surface area contributed by atoms with Gasteiger partial charge in [-0.2, -0.15) is 0 Å². The van der Waals surface area contributed by atoms with Crippen molar-refractivity contribution in [2.24, 2.45) is 5.92 Å². The van der Waals surface area contributed by atoms with Crippen LogP contribution < -0.4 is 10.0 Å². The zero-order valence-electron chi connectivity index (χ0n) is 12.2. The molecule has 1 saturated carbocycles. The number of nitrogens with one attached hydrogen (secondary N) is 2. The van der Waals surface area contributed by atoms with Gasteiger partial charge in [0.05, 0.1) is 6.54 Å². The van der Waals surface area contributed by atoms with Crippen LogP contribution in [0.25, 0.3) is 0 Å². The average Bonchev–Trinajstić information content (AvgIpc) is 2.89. The first kappa shape index (κ1) is 15.5. The van der Waals surface area contributed by atoms with Gasteiger partial charge in [-0.3, -0.25) is 0 Å². The van der Waals surface area contributed by atoms with Crippen molar-refractivity contribution in [2.75, 3.05) is 7.05 Å². The summed E-state index contributed by atoms with van der Waals surface area (Å²) < 4.78 is 32.7. The summed E-state index contributed by atoms with van der Waals surface area (Å²) in [6.45, 7) is 2.47. The maximum Gasteiger partial charge on any atom is 0.274 e. The zero-order chi connectivity index (χ0) is 14.6. The SMILES string of the molecule is CNCc1ccc(S(=O)(=O)NC(C)C2CCCCC2)o1. The Morgan fingerprint density at radius 1 is 1.30 bits per heavy atom. The maximum absolute atomic E-state index is 12.3. The van der Waals surface area contributed by atoms with Gasteiger partial charge in [-0.05, 0) is 44.9 Å². The van der Waals surface area contributed by atoms with E-state index < -0.39 is 10.0 Å². The average molecular weight is 300 g/mol. The predicted octanol–water partition coefficient (Wildman–Crippen LogP) is 2.25. The fourth-order valence-electron chi connectivity index (χ4n) is 2.81. The summed E-state index contributed by atoms with van der Waals surface area (Å²) in [7, 11) is -1.76. The fourth-order valence-corrected chi connectivity index (χ4v) is 4.07. The molecule has 0 bridgehead atoms. The second-order valence-corrected chi connectivity index (χ2v) is 7.20. The van der Waals surface area contributed by atoms with Gasteiger partial charge in [0.2, 0.25) is 5.09 Å². The van der Waals surface area contributed by atoms with Crippen molar-refractivity contribution in [2.45, 2.75) is 56.7 Å². The van der Waals surface area contributed by atoms with Crippen molar-refractivity contribution >= 4 is 10.0 Å². The summed E-state index contributed by atoms with van der Waals surface area (Å²) >= 11 is 0. The van der Waals surface area contributed by atoms with Crippen LogP contribution >= 0.6 is 0 Å². The predicted molar refractivity (Wildman–Crippen MR) is 77.8 cm³/mol. The summed E-state index contributed by atoms with van der Waals surface area (Å²) in [5, 5.41) is 2.94. The van der Waals surface area contributed by atoms with Crippen molar-refractivity contribution in [1.29, 1.82) is 0 Å². The van der Waals surface area contributed by atoms with Crippen LogP contribution in [0.4, 0.5) is 0 Å². The van der Waals surface area contributed by atoms with E-state index in [-0.39, 0.29) is 11.1 Å². The Bertz CT molecular complexity index is 518. The molecule has 1 atom stereocenters. The van der Waals surface area contributed by atoms with E-state index in [0.29, 0.717) is 18.2 Å². The molecule has 114 valence electrons. The highest BCUT2D eigenvalue weighted by molar-refractivity contribution is 7.89. The molecule has 20 heavy (non-hydrogen) atoms. The van der Waals surface area contributed by atoms with Gasteiger partial charge in [0, 0.05) is 6.04 Å². The van der Waals surface area contributed by atoms with Crippen molar-refractivity contribution in [1.82, 2.24) is 10.0 Å². The van der Waals surface area contributed by atoms with Crippen LogP contribution in [0.5, 0.6) is 0 Å². The topological polar surface area (TPSA) is 71.3 Å². The van der Waals surface area contributed by atoms with Crippen LogP contribution in [-0.4, -0.2) is 21.5 Å². The van der Waals surface area contributed by atoms with E-state index in [1.165, 1.54) is 25.3 Å². The molecular formula is C14H24N2O3S. The first-order chi connectivity index (χ1) is 9.53. The minimum absolute atomic E-state index is 0.00501. The van der Waals surface area contributed by atoms with E-state index in [1.807, 2.05) is 6.92 Å². The number of hydrogen-bond donors (Lipinski definition) is 2. The molecule has 0 aromatic carbocycles. The Labute approximate surface area is 121 Å². The Kier molecular flexibility index (Phi) is 5.23. The van der Waals surface area contributed by atoms with E-state index in [4.69, 9.17) is 4.42 Å². The molecule has 6 heteroatoms. The molecule has 1 unspecified atom stereocenters. The van der Waals surface area contributed by atoms with Gasteiger partial charge in [0.25, 0.3) is 10.0 Å². The van der Waals surface area contributed by atoms with Gasteiger partial charge < -0.3 is 9.73 Å². The summed E-state index contributed by atoms with van der Waals surface area (Å²) in [6, 6.07) is 3.16. The molecule has 1 aromatic rings. The molecule has 0 amide bonds. The monoisotopic (exact) mass is 300 g/mol. The number of sulfonamides is 1. The van der Waals surface area contributed by atoms with Crippen LogP contribution in [-0.2, 0) is 16.6 Å². The third kappa shape index (κ3) is 3.84. The molecule has 1 fully saturated rings. The Balaban J connectivity index is 2.01. The molecule has 0 spiro atoms. The fraction of sp³-hybridized carbons (Fsp3) is 0.714. The standard InChI is InChI=1S/C14H24N2O3S/c1-11(12-6-4-3-5-7-12)16-20(17,18)14-9-8-13(19-14)10-15-2/h8-9,11-12,15-16H,3-7,10H2,1-2H3. The summed E-state index contributed by atoms with van der Waals surface area (Å²) in [4.78, 5) is 0. The lowest BCUT2D eigenvalue weighted by Crippen LogP contribution is -2.38. The van der Waals surface area contributed by atoms with Crippen molar-refractivity contribution in [3.8, 4) is 0 Å². The molecule has 5 nitrogen and oxygen atoms in total. The molecule has 1 aliphatic carbocycles. The third-order valence-electron chi connectivity index (χ3n) is 3.95. The van der Waals surface area contributed by atoms with E-state index in [9.17, 15) is 8.42 Å².